The van der Waals surface area contributed by atoms with Crippen LogP contribution in [0.25, 0.3) is 0 Å². The monoisotopic (exact) mass is 328 g/mol. The molecule has 0 aliphatic carbocycles. The predicted octanol–water partition coefficient (Wildman–Crippen LogP) is 4.20. The average molecular weight is 330 g/mol. The maximum absolute atomic E-state index is 10.9. The Morgan fingerprint density at radius 1 is 1.33 bits per heavy atom. The van der Waals surface area contributed by atoms with E-state index in [2.05, 4.69) is 20.9 Å². The zero-order valence-electron chi connectivity index (χ0n) is 8.84. The molecule has 5 nitrogen and oxygen atoms in total. The first-order valence-electron chi connectivity index (χ1n) is 4.80. The molecule has 7 heteroatoms. The number of halogens is 2. The van der Waals surface area contributed by atoms with E-state index in [0.717, 1.165) is 0 Å². The summed E-state index contributed by atoms with van der Waals surface area (Å²) in [5.74, 6) is 0.377. The molecule has 2 rings (SSSR count). The molecule has 18 heavy (non-hydrogen) atoms. The molecule has 0 saturated heterocycles. The third-order valence-corrected chi connectivity index (χ3v) is 2.84. The van der Waals surface area contributed by atoms with Crippen molar-refractivity contribution in [1.29, 1.82) is 0 Å². The Kier molecular flexibility index (Phi) is 3.78. The third-order valence-electron chi connectivity index (χ3n) is 2.06. The summed E-state index contributed by atoms with van der Waals surface area (Å²) in [7, 11) is 0. The number of ether oxygens (including phenoxy) is 1. The molecule has 0 N–H and O–H groups in total. The summed E-state index contributed by atoms with van der Waals surface area (Å²) in [5, 5.41) is 11.1. The van der Waals surface area contributed by atoms with Gasteiger partial charge in [-0.2, -0.15) is 0 Å². The highest BCUT2D eigenvalue weighted by Crippen LogP contribution is 2.35. The Morgan fingerprint density at radius 2 is 2.11 bits per heavy atom. The van der Waals surface area contributed by atoms with Gasteiger partial charge in [0.2, 0.25) is 5.75 Å². The van der Waals surface area contributed by atoms with Crippen LogP contribution in [0.5, 0.6) is 11.5 Å². The lowest BCUT2D eigenvalue weighted by molar-refractivity contribution is -0.385. The molecule has 92 valence electrons. The van der Waals surface area contributed by atoms with Gasteiger partial charge in [0.25, 0.3) is 0 Å². The van der Waals surface area contributed by atoms with Crippen LogP contribution in [-0.4, -0.2) is 9.91 Å². The van der Waals surface area contributed by atoms with Crippen molar-refractivity contribution in [2.24, 2.45) is 0 Å². The molecular formula is C11H6BrClN2O3. The highest BCUT2D eigenvalue weighted by molar-refractivity contribution is 9.10. The summed E-state index contributed by atoms with van der Waals surface area (Å²) < 4.78 is 6.00. The van der Waals surface area contributed by atoms with Crippen LogP contribution in [-0.2, 0) is 0 Å². The second-order valence-electron chi connectivity index (χ2n) is 3.26. The van der Waals surface area contributed by atoms with E-state index in [1.165, 1.54) is 18.3 Å². The Bertz CT molecular complexity index is 607. The highest BCUT2D eigenvalue weighted by Gasteiger charge is 2.17. The van der Waals surface area contributed by atoms with Crippen molar-refractivity contribution >= 4 is 33.2 Å². The maximum atomic E-state index is 10.9. The molecule has 0 radical (unpaired) electrons. The maximum Gasteiger partial charge on any atom is 0.312 e. The van der Waals surface area contributed by atoms with Gasteiger partial charge >= 0.3 is 5.69 Å². The number of nitro groups is 1. The fourth-order valence-electron chi connectivity index (χ4n) is 1.29. The van der Waals surface area contributed by atoms with Gasteiger partial charge in [0.05, 0.1) is 4.92 Å². The van der Waals surface area contributed by atoms with Crippen molar-refractivity contribution in [3.05, 3.63) is 56.3 Å². The molecule has 0 aliphatic heterocycles. The number of hydrogen-bond acceptors (Lipinski definition) is 4. The van der Waals surface area contributed by atoms with Gasteiger partial charge in [-0.05, 0) is 24.3 Å². The molecule has 0 spiro atoms. The Balaban J connectivity index is 2.41. The topological polar surface area (TPSA) is 65.3 Å². The van der Waals surface area contributed by atoms with Crippen molar-refractivity contribution in [3.63, 3.8) is 0 Å². The molecule has 0 bridgehead atoms. The molecular weight excluding hydrogens is 323 g/mol. The summed E-state index contributed by atoms with van der Waals surface area (Å²) in [5.41, 5.74) is -0.149. The van der Waals surface area contributed by atoms with Gasteiger partial charge in [-0.15, -0.1) is 0 Å². The number of nitrogens with zero attached hydrogens (tertiary/aromatic N) is 2. The predicted molar refractivity (Wildman–Crippen MR) is 70.1 cm³/mol. The Morgan fingerprint density at radius 3 is 2.78 bits per heavy atom. The van der Waals surface area contributed by atoms with Gasteiger partial charge in [0.1, 0.15) is 0 Å². The van der Waals surface area contributed by atoms with Crippen LogP contribution in [0.1, 0.15) is 0 Å². The van der Waals surface area contributed by atoms with Crippen molar-refractivity contribution in [2.45, 2.75) is 0 Å². The van der Waals surface area contributed by atoms with Crippen LogP contribution < -0.4 is 4.74 Å². The van der Waals surface area contributed by atoms with Crippen LogP contribution in [0.15, 0.2) is 41.0 Å². The first-order chi connectivity index (χ1) is 8.58. The minimum atomic E-state index is -0.523. The van der Waals surface area contributed by atoms with E-state index in [1.54, 1.807) is 18.2 Å². The Hall–Kier alpha value is -1.66. The minimum absolute atomic E-state index is 0.109. The molecule has 2 aromatic rings. The largest absolute Gasteiger partial charge is 0.447 e. The molecule has 1 aromatic heterocycles. The lowest BCUT2D eigenvalue weighted by Gasteiger charge is -2.07. The van der Waals surface area contributed by atoms with E-state index in [0.29, 0.717) is 4.47 Å². The summed E-state index contributed by atoms with van der Waals surface area (Å²) in [4.78, 5) is 14.2. The second kappa shape index (κ2) is 5.32. The lowest BCUT2D eigenvalue weighted by atomic mass is 10.3. The van der Waals surface area contributed by atoms with Crippen molar-refractivity contribution in [1.82, 2.24) is 4.98 Å². The standard InChI is InChI=1S/C11H6BrClN2O3/c12-7-3-4-9(8(6-7)15(16)17)18-10-2-1-5-14-11(10)13/h1-6H. The van der Waals surface area contributed by atoms with Gasteiger partial charge in [0.15, 0.2) is 10.9 Å². The zero-order valence-corrected chi connectivity index (χ0v) is 11.2. The molecule has 0 atom stereocenters. The third kappa shape index (κ3) is 2.77. The summed E-state index contributed by atoms with van der Waals surface area (Å²) in [6.45, 7) is 0. The quantitative estimate of drug-likeness (QED) is 0.481. The van der Waals surface area contributed by atoms with Gasteiger partial charge in [-0.3, -0.25) is 10.1 Å². The lowest BCUT2D eigenvalue weighted by Crippen LogP contribution is -1.94. The minimum Gasteiger partial charge on any atom is -0.447 e. The van der Waals surface area contributed by atoms with Gasteiger partial charge < -0.3 is 4.74 Å². The zero-order chi connectivity index (χ0) is 13.1. The molecule has 0 amide bonds. The van der Waals surface area contributed by atoms with E-state index in [9.17, 15) is 10.1 Å². The summed E-state index contributed by atoms with van der Waals surface area (Å²) >= 11 is 8.99. The number of pyridine rings is 1. The van der Waals surface area contributed by atoms with Gasteiger partial charge in [-0.1, -0.05) is 27.5 Å². The fraction of sp³-hybridized carbons (Fsp3) is 0. The van der Waals surface area contributed by atoms with Crippen LogP contribution in [0.2, 0.25) is 5.15 Å². The highest BCUT2D eigenvalue weighted by atomic mass is 79.9. The van der Waals surface area contributed by atoms with E-state index in [1.807, 2.05) is 0 Å². The van der Waals surface area contributed by atoms with Crippen molar-refractivity contribution in [3.8, 4) is 11.5 Å². The van der Waals surface area contributed by atoms with E-state index < -0.39 is 4.92 Å². The number of aromatic nitrogens is 1. The second-order valence-corrected chi connectivity index (χ2v) is 4.54. The normalized spacial score (nSPS) is 10.1. The van der Waals surface area contributed by atoms with Gasteiger partial charge in [0, 0.05) is 16.7 Å². The van der Waals surface area contributed by atoms with E-state index in [-0.39, 0.29) is 22.3 Å². The molecule has 1 aromatic carbocycles. The van der Waals surface area contributed by atoms with Crippen LogP contribution in [0.3, 0.4) is 0 Å². The summed E-state index contributed by atoms with van der Waals surface area (Å²) in [6, 6.07) is 7.71. The number of hydrogen-bond donors (Lipinski definition) is 0. The van der Waals surface area contributed by atoms with E-state index >= 15 is 0 Å². The summed E-state index contributed by atoms with van der Waals surface area (Å²) in [6.07, 6.45) is 1.51. The first-order valence-corrected chi connectivity index (χ1v) is 5.97. The number of benzene rings is 1. The number of rotatable bonds is 3. The average Bonchev–Trinajstić information content (AvgIpc) is 2.34. The van der Waals surface area contributed by atoms with Crippen LogP contribution in [0.4, 0.5) is 5.69 Å². The molecule has 0 aliphatic rings. The molecule has 0 fully saturated rings. The van der Waals surface area contributed by atoms with Crippen LogP contribution >= 0.6 is 27.5 Å². The molecule has 1 heterocycles. The first kappa shape index (κ1) is 12.8. The smallest absolute Gasteiger partial charge is 0.312 e. The SMILES string of the molecule is O=[N+]([O-])c1cc(Br)ccc1Oc1cccnc1Cl. The van der Waals surface area contributed by atoms with Crippen LogP contribution in [0, 0.1) is 10.1 Å². The van der Waals surface area contributed by atoms with Crippen molar-refractivity contribution in [2.75, 3.05) is 0 Å². The molecule has 0 unspecified atom stereocenters. The fourth-order valence-corrected chi connectivity index (χ4v) is 1.79. The number of nitro benzene ring substituents is 1. The molecule has 0 saturated carbocycles. The Labute approximate surface area is 116 Å². The van der Waals surface area contributed by atoms with E-state index in [4.69, 9.17) is 16.3 Å². The van der Waals surface area contributed by atoms with Crippen molar-refractivity contribution < 1.29 is 9.66 Å². The van der Waals surface area contributed by atoms with Gasteiger partial charge in [-0.25, -0.2) is 4.98 Å².